The lowest BCUT2D eigenvalue weighted by atomic mass is 10.1. The molecule has 0 fully saturated rings. The van der Waals surface area contributed by atoms with E-state index < -0.39 is 0 Å². The van der Waals surface area contributed by atoms with Crippen LogP contribution in [0.25, 0.3) is 0 Å². The van der Waals surface area contributed by atoms with Crippen molar-refractivity contribution in [3.63, 3.8) is 0 Å². The van der Waals surface area contributed by atoms with E-state index in [2.05, 4.69) is 6.92 Å². The lowest BCUT2D eigenvalue weighted by Gasteiger charge is -2.11. The summed E-state index contributed by atoms with van der Waals surface area (Å²) in [4.78, 5) is 0. The molecule has 1 rings (SSSR count). The van der Waals surface area contributed by atoms with Gasteiger partial charge in [0.1, 0.15) is 11.6 Å². The molecule has 0 aliphatic carbocycles. The minimum Gasteiger partial charge on any atom is -0.496 e. The van der Waals surface area contributed by atoms with Crippen LogP contribution >= 0.6 is 0 Å². The van der Waals surface area contributed by atoms with E-state index in [1.54, 1.807) is 13.2 Å². The van der Waals surface area contributed by atoms with Crippen molar-refractivity contribution in [3.05, 3.63) is 29.3 Å². The van der Waals surface area contributed by atoms with Crippen molar-refractivity contribution in [2.75, 3.05) is 13.7 Å². The molecular formula is C14H22N2O2. The van der Waals surface area contributed by atoms with Crippen LogP contribution < -0.4 is 10.5 Å². The number of unbranched alkanes of at least 4 members (excludes halogenated alkanes) is 2. The SMILES string of the molecule is CCCCCOCc1cc(C(=N)N)ccc1OC. The van der Waals surface area contributed by atoms with E-state index in [0.29, 0.717) is 12.2 Å². The zero-order valence-corrected chi connectivity index (χ0v) is 11.2. The van der Waals surface area contributed by atoms with Crippen molar-refractivity contribution < 1.29 is 9.47 Å². The Kier molecular flexibility index (Phi) is 6.22. The van der Waals surface area contributed by atoms with Gasteiger partial charge in [0.05, 0.1) is 13.7 Å². The summed E-state index contributed by atoms with van der Waals surface area (Å²) in [5, 5.41) is 7.42. The van der Waals surface area contributed by atoms with Gasteiger partial charge in [0.25, 0.3) is 0 Å². The Morgan fingerprint density at radius 2 is 2.11 bits per heavy atom. The van der Waals surface area contributed by atoms with Crippen LogP contribution in [-0.2, 0) is 11.3 Å². The van der Waals surface area contributed by atoms with Crippen LogP contribution in [0.1, 0.15) is 37.3 Å². The van der Waals surface area contributed by atoms with Crippen LogP contribution in [0.5, 0.6) is 5.75 Å². The number of hydrogen-bond acceptors (Lipinski definition) is 3. The van der Waals surface area contributed by atoms with Crippen LogP contribution in [-0.4, -0.2) is 19.6 Å². The lowest BCUT2D eigenvalue weighted by molar-refractivity contribution is 0.115. The molecule has 0 saturated heterocycles. The van der Waals surface area contributed by atoms with E-state index in [0.717, 1.165) is 24.3 Å². The molecule has 0 radical (unpaired) electrons. The van der Waals surface area contributed by atoms with Gasteiger partial charge in [0.15, 0.2) is 0 Å². The minimum atomic E-state index is 0.0601. The predicted octanol–water partition coefficient (Wildman–Crippen LogP) is 2.69. The number of methoxy groups -OCH3 is 1. The quantitative estimate of drug-likeness (QED) is 0.423. The fraction of sp³-hybridized carbons (Fsp3) is 0.500. The first-order valence-electron chi connectivity index (χ1n) is 6.28. The Labute approximate surface area is 109 Å². The standard InChI is InChI=1S/C14H22N2O2/c1-3-4-5-8-18-10-12-9-11(14(15)16)6-7-13(12)17-2/h6-7,9H,3-5,8,10H2,1-2H3,(H3,15,16). The monoisotopic (exact) mass is 250 g/mol. The summed E-state index contributed by atoms with van der Waals surface area (Å²) in [6.07, 6.45) is 3.45. The van der Waals surface area contributed by atoms with E-state index >= 15 is 0 Å². The molecule has 4 nitrogen and oxygen atoms in total. The molecule has 0 bridgehead atoms. The number of hydrogen-bond donors (Lipinski definition) is 2. The number of rotatable bonds is 8. The Hall–Kier alpha value is -1.55. The van der Waals surface area contributed by atoms with Gasteiger partial charge in [-0.05, 0) is 24.6 Å². The van der Waals surface area contributed by atoms with Gasteiger partial charge in [0.2, 0.25) is 0 Å². The summed E-state index contributed by atoms with van der Waals surface area (Å²) < 4.78 is 10.9. The summed E-state index contributed by atoms with van der Waals surface area (Å²) in [6, 6.07) is 5.45. The van der Waals surface area contributed by atoms with Crippen LogP contribution in [0.4, 0.5) is 0 Å². The Morgan fingerprint density at radius 1 is 1.33 bits per heavy atom. The Morgan fingerprint density at radius 3 is 2.72 bits per heavy atom. The summed E-state index contributed by atoms with van der Waals surface area (Å²) in [7, 11) is 1.63. The van der Waals surface area contributed by atoms with Gasteiger partial charge in [-0.15, -0.1) is 0 Å². The van der Waals surface area contributed by atoms with Gasteiger partial charge in [-0.3, -0.25) is 5.41 Å². The van der Waals surface area contributed by atoms with Crippen molar-refractivity contribution in [1.82, 2.24) is 0 Å². The fourth-order valence-corrected chi connectivity index (χ4v) is 1.70. The highest BCUT2D eigenvalue weighted by molar-refractivity contribution is 5.95. The molecule has 0 saturated carbocycles. The molecule has 0 aliphatic heterocycles. The molecule has 0 spiro atoms. The Balaban J connectivity index is 2.61. The summed E-state index contributed by atoms with van der Waals surface area (Å²) >= 11 is 0. The van der Waals surface area contributed by atoms with Crippen molar-refractivity contribution in [1.29, 1.82) is 5.41 Å². The zero-order valence-electron chi connectivity index (χ0n) is 11.2. The molecule has 18 heavy (non-hydrogen) atoms. The third-order valence-electron chi connectivity index (χ3n) is 2.74. The van der Waals surface area contributed by atoms with Gasteiger partial charge >= 0.3 is 0 Å². The van der Waals surface area contributed by atoms with Crippen molar-refractivity contribution in [2.45, 2.75) is 32.8 Å². The largest absolute Gasteiger partial charge is 0.496 e. The van der Waals surface area contributed by atoms with E-state index in [-0.39, 0.29) is 5.84 Å². The van der Waals surface area contributed by atoms with E-state index in [9.17, 15) is 0 Å². The van der Waals surface area contributed by atoms with Gasteiger partial charge < -0.3 is 15.2 Å². The lowest BCUT2D eigenvalue weighted by Crippen LogP contribution is -2.11. The first-order valence-corrected chi connectivity index (χ1v) is 6.28. The second-order valence-corrected chi connectivity index (χ2v) is 4.20. The molecule has 0 atom stereocenters. The van der Waals surface area contributed by atoms with Gasteiger partial charge in [-0.1, -0.05) is 19.8 Å². The highest BCUT2D eigenvalue weighted by atomic mass is 16.5. The van der Waals surface area contributed by atoms with Gasteiger partial charge in [0, 0.05) is 17.7 Å². The number of amidine groups is 1. The average molecular weight is 250 g/mol. The molecule has 0 unspecified atom stereocenters. The summed E-state index contributed by atoms with van der Waals surface area (Å²) in [6.45, 7) is 3.41. The van der Waals surface area contributed by atoms with Crippen LogP contribution in [0, 0.1) is 5.41 Å². The number of nitrogen functional groups attached to an aromatic ring is 1. The second kappa shape index (κ2) is 7.71. The number of nitrogens with one attached hydrogen (secondary N) is 1. The third-order valence-corrected chi connectivity index (χ3v) is 2.74. The highest BCUT2D eigenvalue weighted by Gasteiger charge is 2.06. The van der Waals surface area contributed by atoms with Crippen LogP contribution in [0.3, 0.4) is 0 Å². The van der Waals surface area contributed by atoms with Crippen LogP contribution in [0.15, 0.2) is 18.2 Å². The van der Waals surface area contributed by atoms with Gasteiger partial charge in [-0.25, -0.2) is 0 Å². The third kappa shape index (κ3) is 4.37. The molecule has 0 aliphatic rings. The maximum absolute atomic E-state index is 7.42. The fourth-order valence-electron chi connectivity index (χ4n) is 1.70. The molecule has 0 aromatic heterocycles. The molecule has 3 N–H and O–H groups in total. The number of nitrogens with two attached hydrogens (primary N) is 1. The van der Waals surface area contributed by atoms with Crippen LogP contribution in [0.2, 0.25) is 0 Å². The van der Waals surface area contributed by atoms with Crippen molar-refractivity contribution in [3.8, 4) is 5.75 Å². The maximum Gasteiger partial charge on any atom is 0.124 e. The molecule has 1 aromatic rings. The second-order valence-electron chi connectivity index (χ2n) is 4.20. The van der Waals surface area contributed by atoms with Crippen molar-refractivity contribution >= 4 is 5.84 Å². The van der Waals surface area contributed by atoms with E-state index in [1.807, 2.05) is 12.1 Å². The number of benzene rings is 1. The first-order chi connectivity index (χ1) is 8.69. The average Bonchev–Trinajstić information content (AvgIpc) is 2.38. The smallest absolute Gasteiger partial charge is 0.124 e. The molecular weight excluding hydrogens is 228 g/mol. The highest BCUT2D eigenvalue weighted by Crippen LogP contribution is 2.20. The van der Waals surface area contributed by atoms with E-state index in [4.69, 9.17) is 20.6 Å². The summed E-state index contributed by atoms with van der Waals surface area (Å²) in [5.41, 5.74) is 7.10. The number of ether oxygens (including phenoxy) is 2. The summed E-state index contributed by atoms with van der Waals surface area (Å²) in [5.74, 6) is 0.834. The molecule has 4 heteroatoms. The molecule has 100 valence electrons. The molecule has 1 aromatic carbocycles. The van der Waals surface area contributed by atoms with Gasteiger partial charge in [-0.2, -0.15) is 0 Å². The zero-order chi connectivity index (χ0) is 13.4. The van der Waals surface area contributed by atoms with E-state index in [1.165, 1.54) is 12.8 Å². The normalized spacial score (nSPS) is 10.3. The molecule has 0 heterocycles. The first kappa shape index (κ1) is 14.5. The molecule has 0 amide bonds. The Bertz CT molecular complexity index is 391. The predicted molar refractivity (Wildman–Crippen MR) is 73.2 cm³/mol. The topological polar surface area (TPSA) is 68.3 Å². The minimum absolute atomic E-state index is 0.0601. The maximum atomic E-state index is 7.42. The van der Waals surface area contributed by atoms with Crippen molar-refractivity contribution in [2.24, 2.45) is 5.73 Å².